The summed E-state index contributed by atoms with van der Waals surface area (Å²) in [5.74, 6) is 2.78. The maximum Gasteiger partial charge on any atom is 0.252 e. The van der Waals surface area contributed by atoms with E-state index in [1.807, 2.05) is 13.0 Å². The number of benzene rings is 1. The largest absolute Gasteiger partial charge is 0.496 e. The Morgan fingerprint density at radius 3 is 2.73 bits per heavy atom. The number of ether oxygens (including phenoxy) is 1. The van der Waals surface area contributed by atoms with Crippen molar-refractivity contribution in [3.63, 3.8) is 0 Å². The van der Waals surface area contributed by atoms with Gasteiger partial charge in [0.15, 0.2) is 5.82 Å². The number of methoxy groups -OCH3 is 1. The van der Waals surface area contributed by atoms with Crippen LogP contribution >= 0.6 is 11.8 Å². The number of aliphatic imine (C=N–C) groups is 1. The highest BCUT2D eigenvalue weighted by molar-refractivity contribution is 7.99. The highest BCUT2D eigenvalue weighted by Gasteiger charge is 2.15. The fraction of sp³-hybridized carbons (Fsp3) is 0.360. The Hall–Kier alpha value is -3.13. The molecule has 0 saturated heterocycles. The summed E-state index contributed by atoms with van der Waals surface area (Å²) < 4.78 is 5.30. The van der Waals surface area contributed by atoms with Gasteiger partial charge in [0.05, 0.1) is 12.7 Å². The van der Waals surface area contributed by atoms with Crippen LogP contribution in [0.25, 0.3) is 0 Å². The van der Waals surface area contributed by atoms with Gasteiger partial charge in [-0.25, -0.2) is 9.98 Å². The maximum atomic E-state index is 12.8. The molecule has 1 heterocycles. The molecule has 0 aliphatic carbocycles. The van der Waals surface area contributed by atoms with Crippen LogP contribution in [0.3, 0.4) is 0 Å². The zero-order chi connectivity index (χ0) is 24.1. The SMILES string of the molecule is C=CCC(CC=Nc1ccc(C(=O)NCCSCC)cn1)NC(=O)c1cccc(OC)c1C. The molecule has 0 aliphatic heterocycles. The van der Waals surface area contributed by atoms with Gasteiger partial charge < -0.3 is 15.4 Å². The van der Waals surface area contributed by atoms with E-state index in [9.17, 15) is 9.59 Å². The Kier molecular flexibility index (Phi) is 11.2. The molecule has 8 heteroatoms. The minimum atomic E-state index is -0.169. The van der Waals surface area contributed by atoms with E-state index in [1.54, 1.807) is 55.4 Å². The number of rotatable bonds is 13. The van der Waals surface area contributed by atoms with Gasteiger partial charge in [-0.05, 0) is 43.4 Å². The molecule has 1 aromatic carbocycles. The standard InChI is InChI=1S/C25H32N4O3S/c1-5-8-20(29-25(31)21-9-7-10-22(32-4)18(21)3)13-14-26-23-12-11-19(17-28-23)24(30)27-15-16-33-6-2/h5,7,9-12,14,17,20H,1,6,8,13,15-16H2,2-4H3,(H,27,30)(H,29,31). The molecule has 0 radical (unpaired) electrons. The number of thioether (sulfide) groups is 1. The lowest BCUT2D eigenvalue weighted by atomic mass is 10.1. The molecule has 0 saturated carbocycles. The molecule has 33 heavy (non-hydrogen) atoms. The summed E-state index contributed by atoms with van der Waals surface area (Å²) in [6.45, 7) is 8.36. The fourth-order valence-electron chi connectivity index (χ4n) is 3.11. The Balaban J connectivity index is 1.93. The zero-order valence-electron chi connectivity index (χ0n) is 19.5. The average molecular weight is 469 g/mol. The van der Waals surface area contributed by atoms with E-state index in [2.05, 4.69) is 34.1 Å². The highest BCUT2D eigenvalue weighted by atomic mass is 32.2. The van der Waals surface area contributed by atoms with E-state index in [0.29, 0.717) is 42.1 Å². The van der Waals surface area contributed by atoms with Crippen LogP contribution in [0.1, 0.15) is 46.0 Å². The fourth-order valence-corrected chi connectivity index (χ4v) is 3.65. The van der Waals surface area contributed by atoms with Gasteiger partial charge in [0.1, 0.15) is 5.75 Å². The molecule has 0 aliphatic rings. The van der Waals surface area contributed by atoms with Gasteiger partial charge in [-0.15, -0.1) is 6.58 Å². The minimum Gasteiger partial charge on any atom is -0.496 e. The molecule has 2 amide bonds. The summed E-state index contributed by atoms with van der Waals surface area (Å²) in [6.07, 6.45) is 6.12. The van der Waals surface area contributed by atoms with Gasteiger partial charge >= 0.3 is 0 Å². The number of hydrogen-bond donors (Lipinski definition) is 2. The molecule has 1 aromatic heterocycles. The Morgan fingerprint density at radius 1 is 1.24 bits per heavy atom. The number of hydrogen-bond acceptors (Lipinski definition) is 6. The van der Waals surface area contributed by atoms with Crippen molar-refractivity contribution in [2.75, 3.05) is 25.2 Å². The number of carbonyl (C=O) groups excluding carboxylic acids is 2. The van der Waals surface area contributed by atoms with Gasteiger partial charge in [0.2, 0.25) is 0 Å². The second-order valence-electron chi connectivity index (χ2n) is 7.23. The van der Waals surface area contributed by atoms with Crippen molar-refractivity contribution in [2.45, 2.75) is 32.7 Å². The number of nitrogens with zero attached hydrogens (tertiary/aromatic N) is 2. The Morgan fingerprint density at radius 2 is 2.06 bits per heavy atom. The first-order valence-electron chi connectivity index (χ1n) is 10.9. The number of amides is 2. The molecule has 2 aromatic rings. The molecular formula is C25H32N4O3S. The summed E-state index contributed by atoms with van der Waals surface area (Å²) in [5, 5.41) is 5.91. The van der Waals surface area contributed by atoms with Crippen molar-refractivity contribution >= 4 is 35.6 Å². The lowest BCUT2D eigenvalue weighted by molar-refractivity contribution is 0.0934. The molecular weight excluding hydrogens is 436 g/mol. The third-order valence-electron chi connectivity index (χ3n) is 4.89. The summed E-state index contributed by atoms with van der Waals surface area (Å²) in [6, 6.07) is 8.65. The van der Waals surface area contributed by atoms with Crippen LogP contribution in [-0.4, -0.2) is 54.2 Å². The van der Waals surface area contributed by atoms with Crippen molar-refractivity contribution < 1.29 is 14.3 Å². The van der Waals surface area contributed by atoms with Gasteiger partial charge in [0.25, 0.3) is 11.8 Å². The van der Waals surface area contributed by atoms with Gasteiger partial charge in [-0.2, -0.15) is 11.8 Å². The minimum absolute atomic E-state index is 0.142. The van der Waals surface area contributed by atoms with Crippen LogP contribution in [-0.2, 0) is 0 Å². The molecule has 0 fully saturated rings. The van der Waals surface area contributed by atoms with Crippen molar-refractivity contribution in [3.05, 3.63) is 65.9 Å². The quantitative estimate of drug-likeness (QED) is 0.259. The van der Waals surface area contributed by atoms with Gasteiger partial charge in [-0.3, -0.25) is 9.59 Å². The normalized spacial score (nSPS) is 11.7. The average Bonchev–Trinajstić information content (AvgIpc) is 2.82. The molecule has 2 rings (SSSR count). The van der Waals surface area contributed by atoms with E-state index < -0.39 is 0 Å². The molecule has 176 valence electrons. The molecule has 1 atom stereocenters. The van der Waals surface area contributed by atoms with Crippen molar-refractivity contribution in [1.29, 1.82) is 0 Å². The zero-order valence-corrected chi connectivity index (χ0v) is 20.3. The second kappa shape index (κ2) is 14.1. The molecule has 1 unspecified atom stereocenters. The lowest BCUT2D eigenvalue weighted by Crippen LogP contribution is -2.35. The maximum absolute atomic E-state index is 12.8. The molecule has 7 nitrogen and oxygen atoms in total. The first-order chi connectivity index (χ1) is 16.0. The third kappa shape index (κ3) is 8.38. The predicted octanol–water partition coefficient (Wildman–Crippen LogP) is 4.35. The molecule has 0 spiro atoms. The number of pyridine rings is 1. The second-order valence-corrected chi connectivity index (χ2v) is 8.63. The summed E-state index contributed by atoms with van der Waals surface area (Å²) in [4.78, 5) is 33.5. The first-order valence-corrected chi connectivity index (χ1v) is 12.1. The topological polar surface area (TPSA) is 92.7 Å². The van der Waals surface area contributed by atoms with Gasteiger partial charge in [-0.1, -0.05) is 19.1 Å². The van der Waals surface area contributed by atoms with E-state index in [4.69, 9.17) is 4.74 Å². The monoisotopic (exact) mass is 468 g/mol. The first kappa shape index (κ1) is 26.1. The van der Waals surface area contributed by atoms with Crippen LogP contribution in [0, 0.1) is 6.92 Å². The number of aromatic nitrogens is 1. The Labute approximate surface area is 200 Å². The van der Waals surface area contributed by atoms with Crippen LogP contribution in [0.2, 0.25) is 0 Å². The summed E-state index contributed by atoms with van der Waals surface area (Å²) >= 11 is 1.78. The van der Waals surface area contributed by atoms with Crippen molar-refractivity contribution in [3.8, 4) is 5.75 Å². The van der Waals surface area contributed by atoms with Gasteiger partial charge in [0, 0.05) is 48.3 Å². The van der Waals surface area contributed by atoms with E-state index in [-0.39, 0.29) is 17.9 Å². The summed E-state index contributed by atoms with van der Waals surface area (Å²) in [7, 11) is 1.58. The van der Waals surface area contributed by atoms with Crippen LogP contribution in [0.15, 0.2) is 54.2 Å². The van der Waals surface area contributed by atoms with Crippen LogP contribution in [0.4, 0.5) is 5.82 Å². The Bertz CT molecular complexity index is 961. The number of carbonyl (C=O) groups is 2. The van der Waals surface area contributed by atoms with E-state index in [1.165, 1.54) is 6.20 Å². The highest BCUT2D eigenvalue weighted by Crippen LogP contribution is 2.21. The third-order valence-corrected chi connectivity index (χ3v) is 5.80. The molecule has 2 N–H and O–H groups in total. The summed E-state index contributed by atoms with van der Waals surface area (Å²) in [5.41, 5.74) is 1.87. The van der Waals surface area contributed by atoms with E-state index in [0.717, 1.165) is 17.1 Å². The predicted molar refractivity (Wildman–Crippen MR) is 136 cm³/mol. The smallest absolute Gasteiger partial charge is 0.252 e. The van der Waals surface area contributed by atoms with E-state index >= 15 is 0 Å². The van der Waals surface area contributed by atoms with Crippen LogP contribution < -0.4 is 15.4 Å². The number of nitrogens with one attached hydrogen (secondary N) is 2. The van der Waals surface area contributed by atoms with Crippen molar-refractivity contribution in [1.82, 2.24) is 15.6 Å². The lowest BCUT2D eigenvalue weighted by Gasteiger charge is -2.17. The molecule has 0 bridgehead atoms. The van der Waals surface area contributed by atoms with Crippen LogP contribution in [0.5, 0.6) is 5.75 Å². The van der Waals surface area contributed by atoms with Crippen molar-refractivity contribution in [2.24, 2.45) is 4.99 Å².